The number of carbonyl (C=O) groups is 1. The van der Waals surface area contributed by atoms with Crippen molar-refractivity contribution in [2.75, 3.05) is 0 Å². The van der Waals surface area contributed by atoms with Gasteiger partial charge in [-0.1, -0.05) is 18.2 Å². The van der Waals surface area contributed by atoms with Crippen LogP contribution in [0.3, 0.4) is 0 Å². The molecule has 1 aromatic rings. The van der Waals surface area contributed by atoms with E-state index in [0.717, 1.165) is 0 Å². The van der Waals surface area contributed by atoms with Crippen molar-refractivity contribution in [3.8, 4) is 0 Å². The molecule has 1 aliphatic rings. The highest BCUT2D eigenvalue weighted by molar-refractivity contribution is 5.89. The van der Waals surface area contributed by atoms with Gasteiger partial charge in [0.05, 0.1) is 11.7 Å². The number of ether oxygens (including phenoxy) is 2. The smallest absolute Gasteiger partial charge is 0.338 e. The van der Waals surface area contributed by atoms with Crippen LogP contribution in [0.4, 0.5) is 0 Å². The van der Waals surface area contributed by atoms with E-state index in [1.165, 1.54) is 6.92 Å². The predicted octanol–water partition coefficient (Wildman–Crippen LogP) is -0.329. The summed E-state index contributed by atoms with van der Waals surface area (Å²) < 4.78 is 9.98. The van der Waals surface area contributed by atoms with Crippen LogP contribution in [-0.4, -0.2) is 52.0 Å². The van der Waals surface area contributed by atoms with Gasteiger partial charge in [-0.3, -0.25) is 0 Å². The van der Waals surface area contributed by atoms with E-state index in [4.69, 9.17) is 9.47 Å². The lowest BCUT2D eigenvalue weighted by Gasteiger charge is -2.38. The van der Waals surface area contributed by atoms with Gasteiger partial charge in [0.1, 0.15) is 12.2 Å². The van der Waals surface area contributed by atoms with Gasteiger partial charge in [-0.05, 0) is 19.1 Å². The molecule has 0 aromatic heterocycles. The minimum atomic E-state index is -1.47. The Balaban J connectivity index is 2.08. The highest BCUT2D eigenvalue weighted by Gasteiger charge is 2.44. The molecule has 1 aliphatic heterocycles. The van der Waals surface area contributed by atoms with Gasteiger partial charge in [-0.2, -0.15) is 0 Å². The van der Waals surface area contributed by atoms with E-state index in [1.807, 2.05) is 0 Å². The van der Waals surface area contributed by atoms with Crippen molar-refractivity contribution in [3.63, 3.8) is 0 Å². The highest BCUT2D eigenvalue weighted by Crippen LogP contribution is 2.22. The molecule has 1 fully saturated rings. The second-order valence-electron chi connectivity index (χ2n) is 4.45. The summed E-state index contributed by atoms with van der Waals surface area (Å²) in [4.78, 5) is 11.8. The van der Waals surface area contributed by atoms with E-state index in [0.29, 0.717) is 0 Å². The third-order valence-electron chi connectivity index (χ3n) is 3.06. The minimum absolute atomic E-state index is 0.287. The molecule has 6 nitrogen and oxygen atoms in total. The number of hydrogen-bond donors (Lipinski definition) is 3. The lowest BCUT2D eigenvalue weighted by Crippen LogP contribution is -2.58. The molecule has 2 rings (SSSR count). The maximum atomic E-state index is 11.8. The topological polar surface area (TPSA) is 96.2 Å². The highest BCUT2D eigenvalue weighted by atomic mass is 16.7. The van der Waals surface area contributed by atoms with Gasteiger partial charge < -0.3 is 24.8 Å². The summed E-state index contributed by atoms with van der Waals surface area (Å²) in [6.07, 6.45) is -6.15. The summed E-state index contributed by atoms with van der Waals surface area (Å²) in [5.74, 6) is -0.700. The molecule has 0 unspecified atom stereocenters. The Kier molecular flexibility index (Phi) is 4.16. The number of aliphatic hydroxyl groups is 3. The molecule has 0 radical (unpaired) electrons. The number of esters is 1. The second-order valence-corrected chi connectivity index (χ2v) is 4.45. The SMILES string of the molecule is C[C@@H]1O[C@@H](O)[C@H](OC(=O)c2ccccc2)[C@H](O)[C@H]1O. The lowest BCUT2D eigenvalue weighted by atomic mass is 10.00. The van der Waals surface area contributed by atoms with E-state index in [2.05, 4.69) is 0 Å². The number of rotatable bonds is 2. The molecule has 1 aromatic carbocycles. The number of benzene rings is 1. The molecule has 1 saturated heterocycles. The third kappa shape index (κ3) is 2.93. The van der Waals surface area contributed by atoms with E-state index >= 15 is 0 Å². The van der Waals surface area contributed by atoms with Crippen molar-refractivity contribution in [1.29, 1.82) is 0 Å². The van der Waals surface area contributed by atoms with E-state index in [1.54, 1.807) is 30.3 Å². The first-order chi connectivity index (χ1) is 9.00. The van der Waals surface area contributed by atoms with E-state index < -0.39 is 36.7 Å². The summed E-state index contributed by atoms with van der Waals surface area (Å²) in [7, 11) is 0. The summed E-state index contributed by atoms with van der Waals surface area (Å²) in [5, 5.41) is 29.1. The molecular weight excluding hydrogens is 252 g/mol. The molecule has 0 saturated carbocycles. The summed E-state index contributed by atoms with van der Waals surface area (Å²) in [6.45, 7) is 1.51. The lowest BCUT2D eigenvalue weighted by molar-refractivity contribution is -0.276. The van der Waals surface area contributed by atoms with Crippen LogP contribution in [0.2, 0.25) is 0 Å². The van der Waals surface area contributed by atoms with Gasteiger partial charge >= 0.3 is 5.97 Å². The molecule has 0 spiro atoms. The Hall–Kier alpha value is -1.47. The van der Waals surface area contributed by atoms with E-state index in [9.17, 15) is 20.1 Å². The molecule has 0 aliphatic carbocycles. The Morgan fingerprint density at radius 1 is 1.16 bits per heavy atom. The van der Waals surface area contributed by atoms with Crippen LogP contribution >= 0.6 is 0 Å². The fourth-order valence-electron chi connectivity index (χ4n) is 1.91. The van der Waals surface area contributed by atoms with Crippen molar-refractivity contribution in [2.45, 2.75) is 37.6 Å². The number of hydrogen-bond acceptors (Lipinski definition) is 6. The van der Waals surface area contributed by atoms with Crippen LogP contribution in [-0.2, 0) is 9.47 Å². The van der Waals surface area contributed by atoms with Crippen molar-refractivity contribution in [1.82, 2.24) is 0 Å². The monoisotopic (exact) mass is 268 g/mol. The first kappa shape index (κ1) is 14.0. The fraction of sp³-hybridized carbons (Fsp3) is 0.462. The fourth-order valence-corrected chi connectivity index (χ4v) is 1.91. The first-order valence-corrected chi connectivity index (χ1v) is 5.96. The Morgan fingerprint density at radius 2 is 1.79 bits per heavy atom. The van der Waals surface area contributed by atoms with Gasteiger partial charge in [-0.25, -0.2) is 4.79 Å². The van der Waals surface area contributed by atoms with Crippen molar-refractivity contribution >= 4 is 5.97 Å². The molecule has 5 atom stereocenters. The average molecular weight is 268 g/mol. The molecule has 0 bridgehead atoms. The van der Waals surface area contributed by atoms with E-state index in [-0.39, 0.29) is 5.56 Å². The van der Waals surface area contributed by atoms with Crippen LogP contribution in [0.15, 0.2) is 30.3 Å². The van der Waals surface area contributed by atoms with Gasteiger partial charge in [0, 0.05) is 0 Å². The Bertz CT molecular complexity index is 434. The zero-order valence-electron chi connectivity index (χ0n) is 10.3. The zero-order chi connectivity index (χ0) is 14.0. The molecule has 1 heterocycles. The average Bonchev–Trinajstić information content (AvgIpc) is 2.42. The zero-order valence-corrected chi connectivity index (χ0v) is 10.3. The van der Waals surface area contributed by atoms with Crippen LogP contribution < -0.4 is 0 Å². The van der Waals surface area contributed by atoms with Crippen LogP contribution in [0, 0.1) is 0 Å². The van der Waals surface area contributed by atoms with Gasteiger partial charge in [-0.15, -0.1) is 0 Å². The van der Waals surface area contributed by atoms with Crippen molar-refractivity contribution < 1.29 is 29.6 Å². The molecular formula is C13H16O6. The second kappa shape index (κ2) is 5.66. The van der Waals surface area contributed by atoms with Gasteiger partial charge in [0.25, 0.3) is 0 Å². The molecule has 3 N–H and O–H groups in total. The molecule has 6 heteroatoms. The Morgan fingerprint density at radius 3 is 2.42 bits per heavy atom. The van der Waals surface area contributed by atoms with Gasteiger partial charge in [0.2, 0.25) is 0 Å². The summed E-state index contributed by atoms with van der Waals surface area (Å²) in [6, 6.07) is 8.17. The number of aliphatic hydroxyl groups excluding tert-OH is 3. The van der Waals surface area contributed by atoms with Gasteiger partial charge in [0.15, 0.2) is 12.4 Å². The molecule has 104 valence electrons. The van der Waals surface area contributed by atoms with Crippen molar-refractivity contribution in [2.24, 2.45) is 0 Å². The largest absolute Gasteiger partial charge is 0.450 e. The normalized spacial score (nSPS) is 34.8. The predicted molar refractivity (Wildman–Crippen MR) is 64.2 cm³/mol. The Labute approximate surface area is 110 Å². The number of carbonyl (C=O) groups excluding carboxylic acids is 1. The maximum Gasteiger partial charge on any atom is 0.338 e. The standard InChI is InChI=1S/C13H16O6/c1-7-9(14)10(15)11(13(17)18-7)19-12(16)8-5-3-2-4-6-8/h2-7,9-11,13-15,17H,1H3/t7-,9-,10+,11+,13+/m0/s1. The minimum Gasteiger partial charge on any atom is -0.450 e. The maximum absolute atomic E-state index is 11.8. The van der Waals surface area contributed by atoms with Crippen molar-refractivity contribution in [3.05, 3.63) is 35.9 Å². The molecule has 0 amide bonds. The quantitative estimate of drug-likeness (QED) is 0.636. The third-order valence-corrected chi connectivity index (χ3v) is 3.06. The van der Waals surface area contributed by atoms with Crippen LogP contribution in [0.1, 0.15) is 17.3 Å². The summed E-state index contributed by atoms with van der Waals surface area (Å²) >= 11 is 0. The summed E-state index contributed by atoms with van der Waals surface area (Å²) in [5.41, 5.74) is 0.287. The first-order valence-electron chi connectivity index (χ1n) is 5.96. The van der Waals surface area contributed by atoms with Crippen LogP contribution in [0.5, 0.6) is 0 Å². The molecule has 19 heavy (non-hydrogen) atoms. The van der Waals surface area contributed by atoms with Crippen LogP contribution in [0.25, 0.3) is 0 Å².